The van der Waals surface area contributed by atoms with Crippen LogP contribution >= 0.6 is 0 Å². The molecule has 0 radical (unpaired) electrons. The highest BCUT2D eigenvalue weighted by molar-refractivity contribution is 7.89. The second-order valence-electron chi connectivity index (χ2n) is 5.82. The normalized spacial score (nSPS) is 15.6. The molecule has 4 nitrogen and oxygen atoms in total. The summed E-state index contributed by atoms with van der Waals surface area (Å²) in [6, 6.07) is 6.72. The summed E-state index contributed by atoms with van der Waals surface area (Å²) in [4.78, 5) is 0.258. The van der Waals surface area contributed by atoms with Crippen molar-refractivity contribution in [3.63, 3.8) is 0 Å². The minimum absolute atomic E-state index is 0.144. The zero-order chi connectivity index (χ0) is 15.5. The molecule has 0 spiro atoms. The molecule has 0 bridgehead atoms. The van der Waals surface area contributed by atoms with Crippen LogP contribution in [0, 0.1) is 5.92 Å². The molecule has 2 atom stereocenters. The molecule has 0 saturated carbocycles. The van der Waals surface area contributed by atoms with E-state index in [4.69, 9.17) is 0 Å². The van der Waals surface area contributed by atoms with E-state index in [-0.39, 0.29) is 22.8 Å². The first kappa shape index (κ1) is 17.1. The van der Waals surface area contributed by atoms with Crippen LogP contribution in [0.1, 0.15) is 46.1 Å². The van der Waals surface area contributed by atoms with Gasteiger partial charge in [-0.1, -0.05) is 32.0 Å². The van der Waals surface area contributed by atoms with E-state index in [9.17, 15) is 13.5 Å². The third-order valence-corrected chi connectivity index (χ3v) is 4.93. The number of nitrogens with one attached hydrogen (secondary N) is 1. The molecule has 0 aliphatic heterocycles. The molecule has 20 heavy (non-hydrogen) atoms. The van der Waals surface area contributed by atoms with Gasteiger partial charge in [-0.25, -0.2) is 13.1 Å². The molecule has 1 aromatic rings. The molecule has 1 rings (SSSR count). The lowest BCUT2D eigenvalue weighted by molar-refractivity contribution is 0.139. The van der Waals surface area contributed by atoms with Gasteiger partial charge in [0.25, 0.3) is 0 Å². The Morgan fingerprint density at radius 1 is 1.05 bits per heavy atom. The van der Waals surface area contributed by atoms with Gasteiger partial charge < -0.3 is 5.11 Å². The Bertz CT molecular complexity index is 528. The summed E-state index contributed by atoms with van der Waals surface area (Å²) < 4.78 is 27.4. The number of sulfonamides is 1. The van der Waals surface area contributed by atoms with Gasteiger partial charge in [0, 0.05) is 12.0 Å². The van der Waals surface area contributed by atoms with Crippen LogP contribution in [0.15, 0.2) is 29.2 Å². The lowest BCUT2D eigenvalue weighted by Crippen LogP contribution is -2.32. The fourth-order valence-electron chi connectivity index (χ4n) is 2.55. The van der Waals surface area contributed by atoms with Crippen molar-refractivity contribution >= 4 is 10.0 Å². The predicted molar refractivity (Wildman–Crippen MR) is 81.2 cm³/mol. The number of rotatable bonds is 6. The molecule has 114 valence electrons. The van der Waals surface area contributed by atoms with Crippen LogP contribution in [0.4, 0.5) is 0 Å². The number of aliphatic hydroxyl groups excluding tert-OH is 1. The highest BCUT2D eigenvalue weighted by Gasteiger charge is 2.28. The molecule has 1 aromatic carbocycles. The van der Waals surface area contributed by atoms with Crippen molar-refractivity contribution in [1.82, 2.24) is 4.72 Å². The molecule has 0 aliphatic carbocycles. The number of aliphatic hydroxyl groups is 1. The molecular formula is C15H25NO3S. The average molecular weight is 299 g/mol. The molecule has 0 aromatic heterocycles. The quantitative estimate of drug-likeness (QED) is 0.848. The van der Waals surface area contributed by atoms with E-state index in [0.29, 0.717) is 5.56 Å². The van der Waals surface area contributed by atoms with Gasteiger partial charge >= 0.3 is 0 Å². The molecule has 5 heteroatoms. The van der Waals surface area contributed by atoms with Gasteiger partial charge in [0.05, 0.1) is 11.0 Å². The van der Waals surface area contributed by atoms with Crippen LogP contribution in [0.3, 0.4) is 0 Å². The van der Waals surface area contributed by atoms with Gasteiger partial charge in [-0.15, -0.1) is 0 Å². The third-order valence-electron chi connectivity index (χ3n) is 3.20. The van der Waals surface area contributed by atoms with E-state index < -0.39 is 16.1 Å². The van der Waals surface area contributed by atoms with E-state index in [1.807, 2.05) is 19.9 Å². The lowest BCUT2D eigenvalue weighted by Gasteiger charge is -2.26. The van der Waals surface area contributed by atoms with E-state index >= 15 is 0 Å². The van der Waals surface area contributed by atoms with E-state index in [0.717, 1.165) is 0 Å². The summed E-state index contributed by atoms with van der Waals surface area (Å²) in [6.45, 7) is 9.24. The molecule has 0 saturated heterocycles. The van der Waals surface area contributed by atoms with Crippen LogP contribution in [-0.2, 0) is 10.0 Å². The van der Waals surface area contributed by atoms with Gasteiger partial charge in [-0.2, -0.15) is 0 Å². The Balaban J connectivity index is 3.37. The Labute approximate surface area is 122 Å². The van der Waals surface area contributed by atoms with Crippen molar-refractivity contribution in [3.8, 4) is 0 Å². The van der Waals surface area contributed by atoms with Gasteiger partial charge in [0.2, 0.25) is 10.0 Å². The van der Waals surface area contributed by atoms with Crippen LogP contribution in [0.5, 0.6) is 0 Å². The lowest BCUT2D eigenvalue weighted by atomic mass is 9.84. The minimum atomic E-state index is -3.56. The van der Waals surface area contributed by atoms with Gasteiger partial charge in [0.15, 0.2) is 0 Å². The Morgan fingerprint density at radius 2 is 1.60 bits per heavy atom. The van der Waals surface area contributed by atoms with E-state index in [2.05, 4.69) is 4.72 Å². The van der Waals surface area contributed by atoms with Gasteiger partial charge in [-0.05, 0) is 38.3 Å². The maximum Gasteiger partial charge on any atom is 0.241 e. The molecular weight excluding hydrogens is 274 g/mol. The molecule has 2 N–H and O–H groups in total. The number of hydrogen-bond donors (Lipinski definition) is 2. The van der Waals surface area contributed by atoms with Crippen molar-refractivity contribution in [2.75, 3.05) is 0 Å². The van der Waals surface area contributed by atoms with Gasteiger partial charge in [0.1, 0.15) is 0 Å². The fourth-order valence-corrected chi connectivity index (χ4v) is 4.07. The summed E-state index contributed by atoms with van der Waals surface area (Å²) in [5, 5.41) is 9.99. The Hall–Kier alpha value is -0.910. The minimum Gasteiger partial charge on any atom is -0.393 e. The highest BCUT2D eigenvalue weighted by atomic mass is 32.2. The third kappa shape index (κ3) is 4.04. The largest absolute Gasteiger partial charge is 0.393 e. The molecule has 0 fully saturated rings. The SMILES string of the molecule is CC(C)NS(=O)(=O)c1ccccc1C(C(C)C)C(C)O. The second kappa shape index (κ2) is 6.70. The van der Waals surface area contributed by atoms with Gasteiger partial charge in [-0.3, -0.25) is 0 Å². The van der Waals surface area contributed by atoms with Crippen molar-refractivity contribution < 1.29 is 13.5 Å². The number of benzene rings is 1. The maximum absolute atomic E-state index is 12.4. The van der Waals surface area contributed by atoms with Crippen molar-refractivity contribution in [3.05, 3.63) is 29.8 Å². The number of hydrogen-bond acceptors (Lipinski definition) is 3. The summed E-state index contributed by atoms with van der Waals surface area (Å²) in [7, 11) is -3.56. The fraction of sp³-hybridized carbons (Fsp3) is 0.600. The monoisotopic (exact) mass is 299 g/mol. The summed E-state index contributed by atoms with van der Waals surface area (Å²) in [5.74, 6) is -0.0691. The predicted octanol–water partition coefficient (Wildman–Crippen LogP) is 2.49. The summed E-state index contributed by atoms with van der Waals surface area (Å²) in [5.41, 5.74) is 0.672. The summed E-state index contributed by atoms with van der Waals surface area (Å²) >= 11 is 0. The molecule has 0 aliphatic rings. The smallest absolute Gasteiger partial charge is 0.241 e. The van der Waals surface area contributed by atoms with Crippen LogP contribution < -0.4 is 4.72 Å². The Kier molecular flexibility index (Phi) is 5.74. The maximum atomic E-state index is 12.4. The first-order chi connectivity index (χ1) is 9.16. The first-order valence-corrected chi connectivity index (χ1v) is 8.44. The Morgan fingerprint density at radius 3 is 2.05 bits per heavy atom. The topological polar surface area (TPSA) is 66.4 Å². The van der Waals surface area contributed by atoms with Crippen LogP contribution in [-0.4, -0.2) is 25.7 Å². The second-order valence-corrected chi connectivity index (χ2v) is 7.51. The standard InChI is InChI=1S/C15H25NO3S/c1-10(2)15(12(5)17)13-8-6-7-9-14(13)20(18,19)16-11(3)4/h6-12,15-17H,1-5H3. The van der Waals surface area contributed by atoms with Crippen molar-refractivity contribution in [2.24, 2.45) is 5.92 Å². The van der Waals surface area contributed by atoms with Crippen molar-refractivity contribution in [1.29, 1.82) is 0 Å². The van der Waals surface area contributed by atoms with Crippen LogP contribution in [0.2, 0.25) is 0 Å². The van der Waals surface area contributed by atoms with Crippen LogP contribution in [0.25, 0.3) is 0 Å². The highest BCUT2D eigenvalue weighted by Crippen LogP contribution is 2.32. The molecule has 0 heterocycles. The zero-order valence-corrected chi connectivity index (χ0v) is 13.6. The molecule has 0 amide bonds. The van der Waals surface area contributed by atoms with Crippen molar-refractivity contribution in [2.45, 2.75) is 57.6 Å². The first-order valence-electron chi connectivity index (χ1n) is 6.96. The summed E-state index contributed by atoms with van der Waals surface area (Å²) in [6.07, 6.45) is -0.606. The molecule has 2 unspecified atom stereocenters. The van der Waals surface area contributed by atoms with E-state index in [1.165, 1.54) is 0 Å². The average Bonchev–Trinajstić information content (AvgIpc) is 2.26. The van der Waals surface area contributed by atoms with E-state index in [1.54, 1.807) is 39.0 Å². The zero-order valence-electron chi connectivity index (χ0n) is 12.8.